The molecule has 0 saturated heterocycles. The van der Waals surface area contributed by atoms with Gasteiger partial charge in [0.05, 0.1) is 13.2 Å². The topological polar surface area (TPSA) is 84.9 Å². The molecule has 25 heavy (non-hydrogen) atoms. The molecular formula is C18H18FNO5. The van der Waals surface area contributed by atoms with Crippen LogP contribution in [0.25, 0.3) is 0 Å². The zero-order chi connectivity index (χ0) is 18.4. The number of amides is 1. The number of hydrogen-bond acceptors (Lipinski definition) is 4. The normalized spacial score (nSPS) is 11.5. The van der Waals surface area contributed by atoms with E-state index in [1.54, 1.807) is 19.1 Å². The summed E-state index contributed by atoms with van der Waals surface area (Å²) < 4.78 is 23.3. The molecule has 2 aromatic rings. The third-order valence-corrected chi connectivity index (χ3v) is 3.53. The predicted molar refractivity (Wildman–Crippen MR) is 88.4 cm³/mol. The van der Waals surface area contributed by atoms with Crippen molar-refractivity contribution in [1.29, 1.82) is 0 Å². The molecule has 0 aromatic heterocycles. The largest absolute Gasteiger partial charge is 0.497 e. The minimum atomic E-state index is -1.17. The number of benzene rings is 2. The number of ether oxygens (including phenoxy) is 2. The van der Waals surface area contributed by atoms with Crippen LogP contribution in [0.15, 0.2) is 42.5 Å². The molecule has 1 unspecified atom stereocenters. The van der Waals surface area contributed by atoms with Gasteiger partial charge in [-0.2, -0.15) is 0 Å². The highest BCUT2D eigenvalue weighted by Crippen LogP contribution is 2.25. The second-order valence-corrected chi connectivity index (χ2v) is 5.30. The number of nitrogens with one attached hydrogen (secondary N) is 1. The molecule has 7 heteroatoms. The van der Waals surface area contributed by atoms with Gasteiger partial charge in [0, 0.05) is 6.07 Å². The number of carboxylic acid groups (broad SMARTS) is 1. The number of halogens is 1. The van der Waals surface area contributed by atoms with Gasteiger partial charge >= 0.3 is 5.97 Å². The molecular weight excluding hydrogens is 329 g/mol. The van der Waals surface area contributed by atoms with Gasteiger partial charge in [0.1, 0.15) is 22.9 Å². The molecule has 2 N–H and O–H groups in total. The van der Waals surface area contributed by atoms with Gasteiger partial charge in [-0.15, -0.1) is 0 Å². The van der Waals surface area contributed by atoms with Crippen LogP contribution in [0.4, 0.5) is 4.39 Å². The lowest BCUT2D eigenvalue weighted by atomic mass is 10.1. The summed E-state index contributed by atoms with van der Waals surface area (Å²) in [4.78, 5) is 23.2. The van der Waals surface area contributed by atoms with Crippen molar-refractivity contribution in [3.05, 3.63) is 59.4 Å². The van der Waals surface area contributed by atoms with Gasteiger partial charge in [0.25, 0.3) is 5.91 Å². The molecule has 0 aliphatic carbocycles. The first-order chi connectivity index (χ1) is 11.9. The highest BCUT2D eigenvalue weighted by molar-refractivity contribution is 5.91. The Labute approximate surface area is 144 Å². The summed E-state index contributed by atoms with van der Waals surface area (Å²) in [6.45, 7) is 1.39. The van der Waals surface area contributed by atoms with Gasteiger partial charge in [0.15, 0.2) is 6.61 Å². The molecule has 0 radical (unpaired) electrons. The van der Waals surface area contributed by atoms with Crippen molar-refractivity contribution < 1.29 is 28.6 Å². The maximum absolute atomic E-state index is 12.9. The summed E-state index contributed by atoms with van der Waals surface area (Å²) in [7, 11) is 1.44. The van der Waals surface area contributed by atoms with Gasteiger partial charge in [-0.05, 0) is 36.8 Å². The van der Waals surface area contributed by atoms with Crippen molar-refractivity contribution in [3.63, 3.8) is 0 Å². The van der Waals surface area contributed by atoms with E-state index in [4.69, 9.17) is 14.6 Å². The highest BCUT2D eigenvalue weighted by atomic mass is 19.1. The Bertz CT molecular complexity index is 761. The third-order valence-electron chi connectivity index (χ3n) is 3.53. The summed E-state index contributed by atoms with van der Waals surface area (Å²) in [6.07, 6.45) is 0. The fraction of sp³-hybridized carbons (Fsp3) is 0.222. The van der Waals surface area contributed by atoms with Crippen molar-refractivity contribution in [3.8, 4) is 11.5 Å². The molecule has 2 rings (SSSR count). The molecule has 2 aromatic carbocycles. The van der Waals surface area contributed by atoms with Gasteiger partial charge in [-0.25, -0.2) is 9.18 Å². The lowest BCUT2D eigenvalue weighted by Gasteiger charge is -2.15. The van der Waals surface area contributed by atoms with Gasteiger partial charge in [0.2, 0.25) is 0 Å². The summed E-state index contributed by atoms with van der Waals surface area (Å²) in [5.41, 5.74) is 0.669. The molecule has 0 bridgehead atoms. The van der Waals surface area contributed by atoms with E-state index in [0.29, 0.717) is 5.75 Å². The summed E-state index contributed by atoms with van der Waals surface area (Å²) in [5.74, 6) is -1.50. The molecule has 1 atom stereocenters. The van der Waals surface area contributed by atoms with Crippen LogP contribution >= 0.6 is 0 Å². The summed E-state index contributed by atoms with van der Waals surface area (Å²) >= 11 is 0. The maximum atomic E-state index is 12.9. The Balaban J connectivity index is 1.99. The standard InChI is InChI=1S/C18H18FNO5/c1-11(12-3-5-13(19)6-4-12)20-17(21)10-25-16-9-14(24-2)7-8-15(16)18(22)23/h3-9,11H,10H2,1-2H3,(H,20,21)(H,22,23). The summed E-state index contributed by atoms with van der Waals surface area (Å²) in [5, 5.41) is 11.9. The Morgan fingerprint density at radius 1 is 1.20 bits per heavy atom. The Hall–Kier alpha value is -3.09. The zero-order valence-electron chi connectivity index (χ0n) is 13.8. The SMILES string of the molecule is COc1ccc(C(=O)O)c(OCC(=O)NC(C)c2ccc(F)cc2)c1. The molecule has 0 aliphatic heterocycles. The van der Waals surface area contributed by atoms with Crippen LogP contribution in [0.2, 0.25) is 0 Å². The minimum absolute atomic E-state index is 0.0384. The van der Waals surface area contributed by atoms with E-state index >= 15 is 0 Å². The average molecular weight is 347 g/mol. The van der Waals surface area contributed by atoms with Crippen LogP contribution in [-0.4, -0.2) is 30.7 Å². The van der Waals surface area contributed by atoms with Crippen molar-refractivity contribution in [2.45, 2.75) is 13.0 Å². The van der Waals surface area contributed by atoms with Crippen LogP contribution in [0.1, 0.15) is 28.9 Å². The zero-order valence-corrected chi connectivity index (χ0v) is 13.8. The van der Waals surface area contributed by atoms with Gasteiger partial charge < -0.3 is 19.9 Å². The number of carboxylic acids is 1. The van der Waals surface area contributed by atoms with Crippen LogP contribution in [-0.2, 0) is 4.79 Å². The number of carbonyl (C=O) groups excluding carboxylic acids is 1. The fourth-order valence-electron chi connectivity index (χ4n) is 2.19. The van der Waals surface area contributed by atoms with Crippen LogP contribution in [0.5, 0.6) is 11.5 Å². The van der Waals surface area contributed by atoms with E-state index in [-0.39, 0.29) is 29.8 Å². The lowest BCUT2D eigenvalue weighted by molar-refractivity contribution is -0.123. The quantitative estimate of drug-likeness (QED) is 0.804. The number of methoxy groups -OCH3 is 1. The average Bonchev–Trinajstić information content (AvgIpc) is 2.60. The van der Waals surface area contributed by atoms with Crippen molar-refractivity contribution >= 4 is 11.9 Å². The molecule has 1 amide bonds. The second kappa shape index (κ2) is 8.14. The van der Waals surface area contributed by atoms with Crippen LogP contribution in [0.3, 0.4) is 0 Å². The Morgan fingerprint density at radius 3 is 2.48 bits per heavy atom. The van der Waals surface area contributed by atoms with Crippen LogP contribution in [0, 0.1) is 5.82 Å². The van der Waals surface area contributed by atoms with E-state index in [2.05, 4.69) is 5.32 Å². The molecule has 6 nitrogen and oxygen atoms in total. The number of rotatable bonds is 7. The van der Waals surface area contributed by atoms with Crippen molar-refractivity contribution in [1.82, 2.24) is 5.32 Å². The second-order valence-electron chi connectivity index (χ2n) is 5.30. The highest BCUT2D eigenvalue weighted by Gasteiger charge is 2.15. The van der Waals surface area contributed by atoms with E-state index in [1.807, 2.05) is 0 Å². The third kappa shape index (κ3) is 4.94. The molecule has 0 saturated carbocycles. The van der Waals surface area contributed by atoms with E-state index in [0.717, 1.165) is 5.56 Å². The van der Waals surface area contributed by atoms with E-state index in [1.165, 1.54) is 37.4 Å². The smallest absolute Gasteiger partial charge is 0.339 e. The van der Waals surface area contributed by atoms with Crippen molar-refractivity contribution in [2.75, 3.05) is 13.7 Å². The molecule has 0 spiro atoms. The first-order valence-electron chi connectivity index (χ1n) is 7.49. The molecule has 0 aliphatic rings. The number of carbonyl (C=O) groups is 2. The Kier molecular flexibility index (Phi) is 5.94. The predicted octanol–water partition coefficient (Wildman–Crippen LogP) is 2.79. The first kappa shape index (κ1) is 18.3. The minimum Gasteiger partial charge on any atom is -0.497 e. The number of hydrogen-bond donors (Lipinski definition) is 2. The first-order valence-corrected chi connectivity index (χ1v) is 7.49. The Morgan fingerprint density at radius 2 is 1.88 bits per heavy atom. The fourth-order valence-corrected chi connectivity index (χ4v) is 2.19. The van der Waals surface area contributed by atoms with Gasteiger partial charge in [-0.3, -0.25) is 4.79 Å². The van der Waals surface area contributed by atoms with E-state index < -0.39 is 11.9 Å². The molecule has 0 heterocycles. The molecule has 132 valence electrons. The van der Waals surface area contributed by atoms with Crippen LogP contribution < -0.4 is 14.8 Å². The number of aromatic carboxylic acids is 1. The van der Waals surface area contributed by atoms with Crippen molar-refractivity contribution in [2.24, 2.45) is 0 Å². The monoisotopic (exact) mass is 347 g/mol. The summed E-state index contributed by atoms with van der Waals surface area (Å²) in [6, 6.07) is 9.66. The van der Waals surface area contributed by atoms with E-state index in [9.17, 15) is 14.0 Å². The van der Waals surface area contributed by atoms with Gasteiger partial charge in [-0.1, -0.05) is 12.1 Å². The lowest BCUT2D eigenvalue weighted by Crippen LogP contribution is -2.31. The maximum Gasteiger partial charge on any atom is 0.339 e. The molecule has 0 fully saturated rings.